The van der Waals surface area contributed by atoms with Gasteiger partial charge in [0.05, 0.1) is 11.6 Å². The summed E-state index contributed by atoms with van der Waals surface area (Å²) in [6.45, 7) is 6.49. The van der Waals surface area contributed by atoms with Gasteiger partial charge in [0.2, 0.25) is 10.0 Å². The number of fused-ring (bicyclic) bond motifs is 2. The fourth-order valence-corrected chi connectivity index (χ4v) is 7.72. The number of benzene rings is 2. The smallest absolute Gasteiger partial charge is 0.475 e. The molecule has 2 fully saturated rings. The minimum Gasteiger partial charge on any atom is -0.475 e. The van der Waals surface area contributed by atoms with Crippen molar-refractivity contribution in [2.45, 2.75) is 49.2 Å². The second-order valence-electron chi connectivity index (χ2n) is 11.7. The highest BCUT2D eigenvalue weighted by Gasteiger charge is 2.38. The van der Waals surface area contributed by atoms with Crippen molar-refractivity contribution < 1.29 is 40.3 Å². The van der Waals surface area contributed by atoms with Crippen LogP contribution in [0.4, 0.5) is 27.8 Å². The van der Waals surface area contributed by atoms with Gasteiger partial charge in [-0.25, -0.2) is 27.0 Å². The van der Waals surface area contributed by atoms with Gasteiger partial charge in [-0.1, -0.05) is 18.2 Å². The molecule has 2 saturated heterocycles. The number of sulfonamides is 1. The number of aliphatic carboxylic acids is 1. The Hall–Kier alpha value is -3.40. The number of nitrogens with zero attached hydrogens (tertiary/aromatic N) is 4. The maximum Gasteiger partial charge on any atom is 0.490 e. The van der Waals surface area contributed by atoms with Crippen LogP contribution < -0.4 is 5.32 Å². The van der Waals surface area contributed by atoms with Gasteiger partial charge in [0, 0.05) is 50.7 Å². The third-order valence-corrected chi connectivity index (χ3v) is 10.5. The Bertz CT molecular complexity index is 1660. The number of likely N-dealkylation sites (tertiary alicyclic amines) is 1. The van der Waals surface area contributed by atoms with E-state index >= 15 is 0 Å². The molecular weight excluding hydrogens is 633 g/mol. The number of anilines is 1. The standard InChI is InChI=1S/C29H35F2N5O2S.C2HF3O2/c30-22-19-24-23(25(31)20-22)7-5-9-27(24)33-29-28(18-21-6-1-2-8-26(21)32-29)39(37,38)36-16-14-35(15-17-36)13-12-34-10-3-4-11-34;3-2(4,5)1(6)7/h1-2,6,8,18-20,27H,3-5,7,9-17H2,(H,32,33);(H,6,7)/t27-;/m1./s1. The molecule has 0 radical (unpaired) electrons. The second-order valence-corrected chi connectivity index (χ2v) is 13.6. The average Bonchev–Trinajstić information content (AvgIpc) is 3.54. The highest BCUT2D eigenvalue weighted by atomic mass is 32.2. The number of pyridine rings is 1. The van der Waals surface area contributed by atoms with E-state index < -0.39 is 39.8 Å². The molecule has 3 aromatic rings. The first-order chi connectivity index (χ1) is 21.8. The van der Waals surface area contributed by atoms with Crippen molar-refractivity contribution in [3.8, 4) is 0 Å². The van der Waals surface area contributed by atoms with Gasteiger partial charge in [0.1, 0.15) is 22.3 Å². The van der Waals surface area contributed by atoms with Crippen LogP contribution in [0, 0.1) is 11.6 Å². The van der Waals surface area contributed by atoms with Crippen molar-refractivity contribution in [3.63, 3.8) is 0 Å². The molecule has 1 aromatic heterocycles. The van der Waals surface area contributed by atoms with Gasteiger partial charge in [-0.2, -0.15) is 17.5 Å². The number of carbonyl (C=O) groups is 1. The molecule has 9 nitrogen and oxygen atoms in total. The van der Waals surface area contributed by atoms with Crippen LogP contribution >= 0.6 is 0 Å². The predicted octanol–water partition coefficient (Wildman–Crippen LogP) is 5.04. The summed E-state index contributed by atoms with van der Waals surface area (Å²) in [5.41, 5.74) is 1.67. The SMILES string of the molecule is O=C(O)C(F)(F)F.O=S(=O)(c1cc2ccccc2nc1N[C@@H]1CCCc2c(F)cc(F)cc21)N1CCN(CCN2CCCC2)CC1. The summed E-state index contributed by atoms with van der Waals surface area (Å²) in [6.07, 6.45) is -0.698. The number of aromatic nitrogens is 1. The van der Waals surface area contributed by atoms with E-state index in [4.69, 9.17) is 14.9 Å². The molecule has 1 atom stereocenters. The number of hydrogen-bond donors (Lipinski definition) is 2. The number of halogens is 5. The number of rotatable bonds is 7. The fraction of sp³-hybridized carbons (Fsp3) is 0.484. The van der Waals surface area contributed by atoms with E-state index in [0.29, 0.717) is 62.1 Å². The molecule has 0 unspecified atom stereocenters. The number of carboxylic acid groups (broad SMARTS) is 1. The minimum atomic E-state index is -5.08. The molecule has 0 spiro atoms. The van der Waals surface area contributed by atoms with Crippen LogP contribution in [0.1, 0.15) is 42.9 Å². The van der Waals surface area contributed by atoms with E-state index in [1.165, 1.54) is 18.9 Å². The van der Waals surface area contributed by atoms with E-state index in [9.17, 15) is 30.4 Å². The number of carboxylic acids is 1. The lowest BCUT2D eigenvalue weighted by Crippen LogP contribution is -2.50. The van der Waals surface area contributed by atoms with Crippen molar-refractivity contribution in [1.29, 1.82) is 0 Å². The largest absolute Gasteiger partial charge is 0.490 e. The van der Waals surface area contributed by atoms with Crippen molar-refractivity contribution in [3.05, 3.63) is 65.2 Å². The Balaban J connectivity index is 0.000000537. The molecule has 15 heteroatoms. The molecule has 2 N–H and O–H groups in total. The first-order valence-electron chi connectivity index (χ1n) is 15.2. The summed E-state index contributed by atoms with van der Waals surface area (Å²) < 4.78 is 90.0. The van der Waals surface area contributed by atoms with Crippen LogP contribution in [0.5, 0.6) is 0 Å². The second kappa shape index (κ2) is 14.2. The monoisotopic (exact) mass is 669 g/mol. The topological polar surface area (TPSA) is 106 Å². The van der Waals surface area contributed by atoms with Gasteiger partial charge in [-0.15, -0.1) is 0 Å². The zero-order chi connectivity index (χ0) is 33.1. The summed E-state index contributed by atoms with van der Waals surface area (Å²) in [5, 5.41) is 11.1. The van der Waals surface area contributed by atoms with Crippen molar-refractivity contribution >= 4 is 32.7 Å². The van der Waals surface area contributed by atoms with Crippen molar-refractivity contribution in [2.24, 2.45) is 0 Å². The van der Waals surface area contributed by atoms with Gasteiger partial charge >= 0.3 is 12.1 Å². The van der Waals surface area contributed by atoms with Crippen LogP contribution in [0.15, 0.2) is 47.4 Å². The minimum absolute atomic E-state index is 0.107. The first kappa shape index (κ1) is 33.9. The Labute approximate surface area is 264 Å². The normalized spacial score (nSPS) is 19.8. The van der Waals surface area contributed by atoms with Crippen LogP contribution in [-0.4, -0.2) is 97.1 Å². The number of hydrogen-bond acceptors (Lipinski definition) is 7. The molecule has 2 aromatic carbocycles. The third kappa shape index (κ3) is 7.93. The Morgan fingerprint density at radius 1 is 0.935 bits per heavy atom. The molecule has 46 heavy (non-hydrogen) atoms. The number of nitrogens with one attached hydrogen (secondary N) is 1. The molecule has 3 heterocycles. The summed E-state index contributed by atoms with van der Waals surface area (Å²) in [6, 6.07) is 10.9. The maximum absolute atomic E-state index is 14.5. The Morgan fingerprint density at radius 3 is 2.22 bits per heavy atom. The van der Waals surface area contributed by atoms with E-state index in [1.807, 2.05) is 24.3 Å². The van der Waals surface area contributed by atoms with Crippen LogP contribution in [-0.2, 0) is 21.2 Å². The van der Waals surface area contributed by atoms with Gasteiger partial charge in [-0.3, -0.25) is 4.90 Å². The molecule has 2 aliphatic heterocycles. The molecule has 3 aliphatic rings. The lowest BCUT2D eigenvalue weighted by atomic mass is 9.87. The lowest BCUT2D eigenvalue weighted by molar-refractivity contribution is -0.192. The molecule has 6 rings (SSSR count). The van der Waals surface area contributed by atoms with Gasteiger partial charge in [0.15, 0.2) is 0 Å². The summed E-state index contributed by atoms with van der Waals surface area (Å²) in [7, 11) is -3.86. The summed E-state index contributed by atoms with van der Waals surface area (Å²) >= 11 is 0. The number of piperazine rings is 1. The molecule has 250 valence electrons. The van der Waals surface area contributed by atoms with Gasteiger partial charge < -0.3 is 15.3 Å². The molecule has 1 aliphatic carbocycles. The predicted molar refractivity (Wildman–Crippen MR) is 162 cm³/mol. The van der Waals surface area contributed by atoms with Gasteiger partial charge in [0.25, 0.3) is 0 Å². The van der Waals surface area contributed by atoms with E-state index in [2.05, 4.69) is 15.1 Å². The number of para-hydroxylation sites is 1. The average molecular weight is 670 g/mol. The summed E-state index contributed by atoms with van der Waals surface area (Å²) in [4.78, 5) is 18.5. The first-order valence-corrected chi connectivity index (χ1v) is 16.7. The van der Waals surface area contributed by atoms with Crippen LogP contribution in [0.25, 0.3) is 10.9 Å². The summed E-state index contributed by atoms with van der Waals surface area (Å²) in [5.74, 6) is -3.72. The fourth-order valence-electron chi connectivity index (χ4n) is 6.17. The highest BCUT2D eigenvalue weighted by molar-refractivity contribution is 7.89. The van der Waals surface area contributed by atoms with Crippen molar-refractivity contribution in [1.82, 2.24) is 19.1 Å². The van der Waals surface area contributed by atoms with E-state index in [-0.39, 0.29) is 10.7 Å². The quantitative estimate of drug-likeness (QED) is 0.338. The van der Waals surface area contributed by atoms with Crippen molar-refractivity contribution in [2.75, 3.05) is 57.7 Å². The highest BCUT2D eigenvalue weighted by Crippen LogP contribution is 2.37. The van der Waals surface area contributed by atoms with E-state index in [1.54, 1.807) is 10.4 Å². The molecule has 0 bridgehead atoms. The maximum atomic E-state index is 14.5. The molecular formula is C31H36F5N5O4S. The molecule has 0 amide bonds. The van der Waals surface area contributed by atoms with Crippen LogP contribution in [0.2, 0.25) is 0 Å². The lowest BCUT2D eigenvalue weighted by Gasteiger charge is -2.35. The number of alkyl halides is 3. The Kier molecular flexibility index (Phi) is 10.4. The van der Waals surface area contributed by atoms with E-state index in [0.717, 1.165) is 37.6 Å². The molecule has 0 saturated carbocycles. The zero-order valence-corrected chi connectivity index (χ0v) is 25.9. The third-order valence-electron chi connectivity index (χ3n) is 8.61. The Morgan fingerprint density at radius 2 is 1.57 bits per heavy atom. The zero-order valence-electron chi connectivity index (χ0n) is 25.1. The van der Waals surface area contributed by atoms with Crippen LogP contribution in [0.3, 0.4) is 0 Å². The van der Waals surface area contributed by atoms with Gasteiger partial charge in [-0.05, 0) is 74.5 Å².